The van der Waals surface area contributed by atoms with Gasteiger partial charge in [-0.2, -0.15) is 0 Å². The number of rotatable bonds is 6. The van der Waals surface area contributed by atoms with Crippen LogP contribution in [0.4, 0.5) is 0 Å². The van der Waals surface area contributed by atoms with Gasteiger partial charge in [-0.3, -0.25) is 0 Å². The summed E-state index contributed by atoms with van der Waals surface area (Å²) in [6, 6.07) is 8.30. The number of hydrogen-bond acceptors (Lipinski definition) is 1. The minimum absolute atomic E-state index is 0.747. The predicted octanol–water partition coefficient (Wildman–Crippen LogP) is 5.28. The molecule has 1 fully saturated rings. The van der Waals surface area contributed by atoms with Crippen molar-refractivity contribution in [1.82, 2.24) is 0 Å². The monoisotopic (exact) mass is 292 g/mol. The second-order valence-corrected chi connectivity index (χ2v) is 6.27. The predicted molar refractivity (Wildman–Crippen MR) is 86.2 cm³/mol. The molecule has 2 heteroatoms. The minimum Gasteiger partial charge on any atom is -0.381 e. The lowest BCUT2D eigenvalue weighted by atomic mass is 9.79. The normalized spacial score (nSPS) is 23.3. The second-order valence-electron chi connectivity index (χ2n) is 5.83. The van der Waals surface area contributed by atoms with Crippen molar-refractivity contribution in [2.45, 2.75) is 38.5 Å². The number of allylic oxidation sites excluding steroid dienone is 1. The molecule has 1 saturated carbocycles. The van der Waals surface area contributed by atoms with Crippen molar-refractivity contribution in [3.05, 3.63) is 47.0 Å². The lowest BCUT2D eigenvalue weighted by Gasteiger charge is -2.26. The Morgan fingerprint density at radius 1 is 1.15 bits per heavy atom. The number of ether oxygens (including phenoxy) is 1. The first-order chi connectivity index (χ1) is 9.78. The number of methoxy groups -OCH3 is 1. The SMILES string of the molecule is COCC=CC1CCC(CCc2ccc(Cl)cc2)CC1. The van der Waals surface area contributed by atoms with E-state index in [9.17, 15) is 0 Å². The van der Waals surface area contributed by atoms with Gasteiger partial charge in [0.1, 0.15) is 0 Å². The average molecular weight is 293 g/mol. The molecule has 0 spiro atoms. The van der Waals surface area contributed by atoms with E-state index in [0.717, 1.165) is 23.5 Å². The van der Waals surface area contributed by atoms with E-state index in [1.165, 1.54) is 44.1 Å². The number of halogens is 1. The highest BCUT2D eigenvalue weighted by Gasteiger charge is 2.19. The summed E-state index contributed by atoms with van der Waals surface area (Å²) in [5, 5.41) is 0.831. The zero-order valence-corrected chi connectivity index (χ0v) is 13.1. The summed E-state index contributed by atoms with van der Waals surface area (Å²) >= 11 is 5.91. The van der Waals surface area contributed by atoms with E-state index < -0.39 is 0 Å². The Morgan fingerprint density at radius 2 is 1.85 bits per heavy atom. The van der Waals surface area contributed by atoms with Gasteiger partial charge in [-0.15, -0.1) is 0 Å². The standard InChI is InChI=1S/C18H25ClO/c1-20-14-2-3-15-4-6-16(7-5-15)8-9-17-10-12-18(19)13-11-17/h2-3,10-13,15-16H,4-9,14H2,1H3. The van der Waals surface area contributed by atoms with E-state index in [4.69, 9.17) is 16.3 Å². The van der Waals surface area contributed by atoms with Crippen LogP contribution in [0.5, 0.6) is 0 Å². The quantitative estimate of drug-likeness (QED) is 0.648. The van der Waals surface area contributed by atoms with Gasteiger partial charge in [0.05, 0.1) is 6.61 Å². The zero-order valence-electron chi connectivity index (χ0n) is 12.4. The molecule has 1 aromatic rings. The third-order valence-corrected chi connectivity index (χ3v) is 4.57. The van der Waals surface area contributed by atoms with Crippen molar-refractivity contribution in [1.29, 1.82) is 0 Å². The van der Waals surface area contributed by atoms with Gasteiger partial charge in [0, 0.05) is 12.1 Å². The van der Waals surface area contributed by atoms with E-state index >= 15 is 0 Å². The highest BCUT2D eigenvalue weighted by Crippen LogP contribution is 2.32. The fourth-order valence-electron chi connectivity index (χ4n) is 3.04. The maximum atomic E-state index is 5.91. The molecule has 0 radical (unpaired) electrons. The summed E-state index contributed by atoms with van der Waals surface area (Å²) in [6.45, 7) is 0.747. The highest BCUT2D eigenvalue weighted by molar-refractivity contribution is 6.30. The third-order valence-electron chi connectivity index (χ3n) is 4.32. The molecule has 2 rings (SSSR count). The van der Waals surface area contributed by atoms with Crippen LogP contribution in [0.25, 0.3) is 0 Å². The summed E-state index contributed by atoms with van der Waals surface area (Å²) in [5.74, 6) is 1.68. The maximum Gasteiger partial charge on any atom is 0.0643 e. The van der Waals surface area contributed by atoms with Crippen LogP contribution in [0.1, 0.15) is 37.7 Å². The number of aryl methyl sites for hydroxylation is 1. The van der Waals surface area contributed by atoms with Crippen LogP contribution in [0.3, 0.4) is 0 Å². The third kappa shape index (κ3) is 5.30. The fourth-order valence-corrected chi connectivity index (χ4v) is 3.16. The van der Waals surface area contributed by atoms with Gasteiger partial charge >= 0.3 is 0 Å². The molecule has 0 bridgehead atoms. The van der Waals surface area contributed by atoms with E-state index in [0.29, 0.717) is 0 Å². The van der Waals surface area contributed by atoms with E-state index in [2.05, 4.69) is 24.3 Å². The molecular formula is C18H25ClO. The Labute approximate surface area is 128 Å². The van der Waals surface area contributed by atoms with Crippen molar-refractivity contribution in [2.75, 3.05) is 13.7 Å². The Morgan fingerprint density at radius 3 is 2.50 bits per heavy atom. The summed E-state index contributed by atoms with van der Waals surface area (Å²) in [4.78, 5) is 0. The zero-order chi connectivity index (χ0) is 14.2. The van der Waals surface area contributed by atoms with Crippen LogP contribution in [-0.2, 0) is 11.2 Å². The van der Waals surface area contributed by atoms with Crippen molar-refractivity contribution in [2.24, 2.45) is 11.8 Å². The highest BCUT2D eigenvalue weighted by atomic mass is 35.5. The largest absolute Gasteiger partial charge is 0.381 e. The van der Waals surface area contributed by atoms with E-state index in [-0.39, 0.29) is 0 Å². The Bertz CT molecular complexity index is 402. The summed E-state index contributed by atoms with van der Waals surface area (Å²) < 4.78 is 5.05. The minimum atomic E-state index is 0.747. The molecule has 0 heterocycles. The summed E-state index contributed by atoms with van der Waals surface area (Å²) in [7, 11) is 1.75. The Balaban J connectivity index is 1.68. The first-order valence-electron chi connectivity index (χ1n) is 7.68. The molecule has 1 aliphatic rings. The molecule has 0 N–H and O–H groups in total. The van der Waals surface area contributed by atoms with E-state index in [1.807, 2.05) is 12.1 Å². The molecule has 1 aliphatic carbocycles. The molecule has 0 unspecified atom stereocenters. The van der Waals surface area contributed by atoms with Crippen molar-refractivity contribution < 1.29 is 4.74 Å². The molecule has 1 aromatic carbocycles. The molecule has 0 saturated heterocycles. The number of hydrogen-bond donors (Lipinski definition) is 0. The van der Waals surface area contributed by atoms with Crippen LogP contribution >= 0.6 is 11.6 Å². The molecule has 110 valence electrons. The number of benzene rings is 1. The molecule has 20 heavy (non-hydrogen) atoms. The van der Waals surface area contributed by atoms with Crippen LogP contribution in [-0.4, -0.2) is 13.7 Å². The van der Waals surface area contributed by atoms with Gasteiger partial charge in [-0.1, -0.05) is 35.9 Å². The average Bonchev–Trinajstić information content (AvgIpc) is 2.48. The molecular weight excluding hydrogens is 268 g/mol. The van der Waals surface area contributed by atoms with Crippen molar-refractivity contribution in [3.63, 3.8) is 0 Å². The smallest absolute Gasteiger partial charge is 0.0643 e. The van der Waals surface area contributed by atoms with Gasteiger partial charge < -0.3 is 4.74 Å². The van der Waals surface area contributed by atoms with Crippen LogP contribution < -0.4 is 0 Å². The van der Waals surface area contributed by atoms with Gasteiger partial charge in [-0.25, -0.2) is 0 Å². The van der Waals surface area contributed by atoms with Gasteiger partial charge in [0.25, 0.3) is 0 Å². The summed E-state index contributed by atoms with van der Waals surface area (Å²) in [6.07, 6.45) is 12.4. The molecule has 0 aromatic heterocycles. The van der Waals surface area contributed by atoms with Crippen LogP contribution in [0, 0.1) is 11.8 Å². The molecule has 0 amide bonds. The Kier molecular flexibility index (Phi) is 6.62. The van der Waals surface area contributed by atoms with Crippen LogP contribution in [0.15, 0.2) is 36.4 Å². The molecule has 0 atom stereocenters. The maximum absolute atomic E-state index is 5.91. The Hall–Kier alpha value is -0.790. The first-order valence-corrected chi connectivity index (χ1v) is 8.05. The fraction of sp³-hybridized carbons (Fsp3) is 0.556. The van der Waals surface area contributed by atoms with Gasteiger partial charge in [-0.05, 0) is 68.1 Å². The molecule has 1 nitrogen and oxygen atoms in total. The van der Waals surface area contributed by atoms with Crippen LogP contribution in [0.2, 0.25) is 5.02 Å². The van der Waals surface area contributed by atoms with Crippen molar-refractivity contribution >= 4 is 11.6 Å². The lowest BCUT2D eigenvalue weighted by Crippen LogP contribution is -2.13. The lowest BCUT2D eigenvalue weighted by molar-refractivity contribution is 0.232. The topological polar surface area (TPSA) is 9.23 Å². The van der Waals surface area contributed by atoms with Gasteiger partial charge in [0.15, 0.2) is 0 Å². The molecule has 0 aliphatic heterocycles. The summed E-state index contributed by atoms with van der Waals surface area (Å²) in [5.41, 5.74) is 1.41. The second kappa shape index (κ2) is 8.49. The van der Waals surface area contributed by atoms with E-state index in [1.54, 1.807) is 7.11 Å². The van der Waals surface area contributed by atoms with Crippen molar-refractivity contribution in [3.8, 4) is 0 Å². The van der Waals surface area contributed by atoms with Gasteiger partial charge in [0.2, 0.25) is 0 Å². The first kappa shape index (κ1) is 15.6.